The second-order valence-corrected chi connectivity index (χ2v) is 3.49. The molecule has 1 aromatic rings. The molecule has 0 heterocycles. The SMILES string of the molecule is Br.FC(F)(F)Oc1ccc([CH2][Zn])cc1. The van der Waals surface area contributed by atoms with Crippen molar-refractivity contribution in [2.75, 3.05) is 0 Å². The molecule has 75 valence electrons. The van der Waals surface area contributed by atoms with Crippen molar-refractivity contribution in [3.05, 3.63) is 29.8 Å². The predicted octanol–water partition coefficient (Wildman–Crippen LogP) is 3.21. The molecule has 0 aliphatic heterocycles. The van der Waals surface area contributed by atoms with Gasteiger partial charge in [0.2, 0.25) is 0 Å². The molecule has 0 spiro atoms. The third-order valence-electron chi connectivity index (χ3n) is 1.45. The molecule has 14 heavy (non-hydrogen) atoms. The van der Waals surface area contributed by atoms with Gasteiger partial charge in [-0.1, -0.05) is 0 Å². The van der Waals surface area contributed by atoms with Crippen LogP contribution in [0.3, 0.4) is 0 Å². The van der Waals surface area contributed by atoms with Gasteiger partial charge >= 0.3 is 83.2 Å². The number of ether oxygens (including phenoxy) is 1. The Kier molecular flexibility index (Phi) is 5.68. The molecule has 0 saturated heterocycles. The molecule has 0 saturated carbocycles. The second kappa shape index (κ2) is 5.71. The van der Waals surface area contributed by atoms with Crippen LogP contribution in [0.2, 0.25) is 0 Å². The molecule has 6 heteroatoms. The first-order valence-corrected chi connectivity index (χ1v) is 5.75. The first-order chi connectivity index (χ1) is 6.01. The standard InChI is InChI=1S/C8H6F3O.BrH.Zn/c1-6-2-4-7(5-3-6)12-8(9,10)11;;/h2-5H,1H2;1H;. The number of alkyl halides is 3. The third-order valence-corrected chi connectivity index (χ3v) is 2.66. The summed E-state index contributed by atoms with van der Waals surface area (Å²) in [5.74, 6) is -0.162. The summed E-state index contributed by atoms with van der Waals surface area (Å²) in [4.78, 5) is 0. The van der Waals surface area contributed by atoms with Crippen LogP contribution in [0.5, 0.6) is 5.75 Å². The van der Waals surface area contributed by atoms with Crippen LogP contribution >= 0.6 is 17.0 Å². The number of hydrogen-bond acceptors (Lipinski definition) is 1. The van der Waals surface area contributed by atoms with Crippen molar-refractivity contribution < 1.29 is 36.2 Å². The fraction of sp³-hybridized carbons (Fsp3) is 0.250. The quantitative estimate of drug-likeness (QED) is 0.760. The van der Waals surface area contributed by atoms with E-state index in [1.807, 2.05) is 0 Å². The zero-order valence-corrected chi connectivity index (χ0v) is 11.9. The molecular formula is C8H7BrF3OZn. The van der Waals surface area contributed by atoms with Crippen molar-refractivity contribution in [1.82, 2.24) is 0 Å². The van der Waals surface area contributed by atoms with Crippen LogP contribution in [-0.2, 0) is 23.3 Å². The monoisotopic (exact) mass is 319 g/mol. The number of halogens is 4. The summed E-state index contributed by atoms with van der Waals surface area (Å²) in [5.41, 5.74) is 1.04. The molecule has 0 fully saturated rings. The minimum atomic E-state index is -4.60. The van der Waals surface area contributed by atoms with Crippen molar-refractivity contribution in [1.29, 1.82) is 0 Å². The van der Waals surface area contributed by atoms with E-state index in [0.717, 1.165) is 28.9 Å². The van der Waals surface area contributed by atoms with Gasteiger partial charge < -0.3 is 0 Å². The Balaban J connectivity index is 0.00000169. The molecule has 0 amide bonds. The van der Waals surface area contributed by atoms with Crippen molar-refractivity contribution in [2.45, 2.75) is 11.4 Å². The van der Waals surface area contributed by atoms with E-state index in [4.69, 9.17) is 0 Å². The van der Waals surface area contributed by atoms with Crippen molar-refractivity contribution >= 4 is 17.0 Å². The summed E-state index contributed by atoms with van der Waals surface area (Å²) in [7, 11) is 0. The molecule has 0 radical (unpaired) electrons. The van der Waals surface area contributed by atoms with E-state index in [9.17, 15) is 13.2 Å². The van der Waals surface area contributed by atoms with Gasteiger partial charge in [0.05, 0.1) is 0 Å². The molecule has 0 N–H and O–H groups in total. The van der Waals surface area contributed by atoms with E-state index in [2.05, 4.69) is 4.74 Å². The topological polar surface area (TPSA) is 9.23 Å². The van der Waals surface area contributed by atoms with Gasteiger partial charge in [-0.2, -0.15) is 0 Å². The molecule has 0 unspecified atom stereocenters. The van der Waals surface area contributed by atoms with E-state index in [1.165, 1.54) is 12.1 Å². The first-order valence-electron chi connectivity index (χ1n) is 3.65. The molecule has 1 aromatic carbocycles. The Morgan fingerprint density at radius 2 is 1.64 bits per heavy atom. The molecule has 1 rings (SSSR count). The first kappa shape index (κ1) is 13.9. The third kappa shape index (κ3) is 4.96. The van der Waals surface area contributed by atoms with Crippen LogP contribution in [-0.4, -0.2) is 6.36 Å². The van der Waals surface area contributed by atoms with Gasteiger partial charge in [-0.3, -0.25) is 0 Å². The van der Waals surface area contributed by atoms with Crippen LogP contribution in [0.4, 0.5) is 13.2 Å². The predicted molar refractivity (Wildman–Crippen MR) is 47.2 cm³/mol. The zero-order chi connectivity index (χ0) is 9.90. The van der Waals surface area contributed by atoms with E-state index in [1.54, 1.807) is 12.1 Å². The number of hydrogen-bond donors (Lipinski definition) is 0. The van der Waals surface area contributed by atoms with Crippen molar-refractivity contribution in [3.8, 4) is 5.75 Å². The van der Waals surface area contributed by atoms with Gasteiger partial charge in [-0.05, 0) is 0 Å². The molecule has 0 aromatic heterocycles. The summed E-state index contributed by atoms with van der Waals surface area (Å²) in [6.45, 7) is 0. The Morgan fingerprint density at radius 3 is 2.00 bits per heavy atom. The maximum atomic E-state index is 11.7. The van der Waals surface area contributed by atoms with Gasteiger partial charge in [0.1, 0.15) is 0 Å². The van der Waals surface area contributed by atoms with Gasteiger partial charge in [-0.25, -0.2) is 0 Å². The summed E-state index contributed by atoms with van der Waals surface area (Å²) >= 11 is 1.10. The second-order valence-electron chi connectivity index (χ2n) is 2.44. The van der Waals surface area contributed by atoms with Crippen LogP contribution in [0.25, 0.3) is 0 Å². The van der Waals surface area contributed by atoms with E-state index in [-0.39, 0.29) is 22.7 Å². The fourth-order valence-electron chi connectivity index (χ4n) is 0.858. The van der Waals surface area contributed by atoms with E-state index >= 15 is 0 Å². The average Bonchev–Trinajstić information content (AvgIpc) is 2.03. The summed E-state index contributed by atoms with van der Waals surface area (Å²) in [6.07, 6.45) is -4.60. The maximum absolute atomic E-state index is 11.7. The molecular weight excluding hydrogens is 314 g/mol. The van der Waals surface area contributed by atoms with Crippen LogP contribution in [0, 0.1) is 0 Å². The molecule has 0 aliphatic carbocycles. The zero-order valence-electron chi connectivity index (χ0n) is 7.17. The van der Waals surface area contributed by atoms with Gasteiger partial charge in [0, 0.05) is 0 Å². The van der Waals surface area contributed by atoms with E-state index in [0.29, 0.717) is 0 Å². The minimum absolute atomic E-state index is 0. The number of rotatable bonds is 2. The normalized spacial score (nSPS) is 10.6. The Hall–Kier alpha value is -0.0866. The Bertz CT molecular complexity index is 273. The van der Waals surface area contributed by atoms with Crippen LogP contribution in [0.15, 0.2) is 24.3 Å². The Morgan fingerprint density at radius 1 is 1.14 bits per heavy atom. The van der Waals surface area contributed by atoms with Crippen LogP contribution in [0.1, 0.15) is 5.56 Å². The van der Waals surface area contributed by atoms with E-state index < -0.39 is 6.36 Å². The summed E-state index contributed by atoms with van der Waals surface area (Å²) in [6, 6.07) is 5.95. The molecule has 1 nitrogen and oxygen atoms in total. The van der Waals surface area contributed by atoms with Gasteiger partial charge in [-0.15, -0.1) is 17.0 Å². The number of benzene rings is 1. The van der Waals surface area contributed by atoms with Gasteiger partial charge in [0.15, 0.2) is 0 Å². The van der Waals surface area contributed by atoms with Crippen molar-refractivity contribution in [2.24, 2.45) is 0 Å². The van der Waals surface area contributed by atoms with Crippen molar-refractivity contribution in [3.63, 3.8) is 0 Å². The molecule has 0 bridgehead atoms. The fourth-order valence-corrected chi connectivity index (χ4v) is 1.56. The van der Waals surface area contributed by atoms with Crippen LogP contribution < -0.4 is 4.74 Å². The van der Waals surface area contributed by atoms with Gasteiger partial charge in [0.25, 0.3) is 0 Å². The molecule has 0 aliphatic rings. The summed E-state index contributed by atoms with van der Waals surface area (Å²) < 4.78 is 38.8. The average molecular weight is 321 g/mol. The summed E-state index contributed by atoms with van der Waals surface area (Å²) in [5, 5.41) is 0.923. The molecule has 0 atom stereocenters. The Labute approximate surface area is 100 Å².